The van der Waals surface area contributed by atoms with Gasteiger partial charge in [-0.05, 0) is 31.4 Å². The maximum atomic E-state index is 12.5. The van der Waals surface area contributed by atoms with Crippen LogP contribution in [-0.4, -0.2) is 16.9 Å². The molecule has 0 fully saturated rings. The fourth-order valence-electron chi connectivity index (χ4n) is 2.30. The molecule has 0 spiro atoms. The molecular weight excluding hydrogens is 312 g/mol. The highest BCUT2D eigenvalue weighted by molar-refractivity contribution is 7.09. The van der Waals surface area contributed by atoms with Crippen molar-refractivity contribution in [1.29, 1.82) is 0 Å². The number of thiazole rings is 1. The monoisotopic (exact) mass is 331 g/mol. The molecule has 6 heteroatoms. The molecule has 1 amide bonds. The zero-order valence-corrected chi connectivity index (χ0v) is 14.2. The van der Waals surface area contributed by atoms with E-state index in [1.54, 1.807) is 12.3 Å². The van der Waals surface area contributed by atoms with Gasteiger partial charge in [0.25, 0.3) is 0 Å². The van der Waals surface area contributed by atoms with Crippen LogP contribution in [0.25, 0.3) is 0 Å². The lowest BCUT2D eigenvalue weighted by atomic mass is 10.0. The molecule has 0 aliphatic heterocycles. The first kappa shape index (κ1) is 17.1. The lowest BCUT2D eigenvalue weighted by Crippen LogP contribution is -2.24. The SMILES string of the molecule is CCc1cccc(C)c1NC(=O)[C@H](C)c1nc(CC(=O)[O-])cs1. The summed E-state index contributed by atoms with van der Waals surface area (Å²) >= 11 is 1.29. The molecule has 1 heterocycles. The number of aromatic nitrogens is 1. The van der Waals surface area contributed by atoms with Crippen molar-refractivity contribution >= 4 is 28.9 Å². The van der Waals surface area contributed by atoms with Crippen molar-refractivity contribution < 1.29 is 14.7 Å². The number of hydrogen-bond donors (Lipinski definition) is 1. The van der Waals surface area contributed by atoms with Crippen LogP contribution in [0.1, 0.15) is 41.6 Å². The molecule has 0 aliphatic rings. The molecule has 1 aromatic carbocycles. The first-order valence-electron chi connectivity index (χ1n) is 7.45. The van der Waals surface area contributed by atoms with Crippen molar-refractivity contribution in [2.24, 2.45) is 0 Å². The standard InChI is InChI=1S/C17H20N2O3S/c1-4-12-7-5-6-10(2)15(12)19-16(22)11(3)17-18-13(9-23-17)8-14(20)21/h5-7,9,11H,4,8H2,1-3H3,(H,19,22)(H,20,21)/p-1/t11-/m0/s1. The van der Waals surface area contributed by atoms with E-state index in [1.807, 2.05) is 32.0 Å². The van der Waals surface area contributed by atoms with E-state index in [0.29, 0.717) is 10.7 Å². The van der Waals surface area contributed by atoms with E-state index in [-0.39, 0.29) is 12.3 Å². The van der Waals surface area contributed by atoms with Gasteiger partial charge in [0.1, 0.15) is 5.01 Å². The van der Waals surface area contributed by atoms with E-state index in [2.05, 4.69) is 10.3 Å². The van der Waals surface area contributed by atoms with Gasteiger partial charge >= 0.3 is 0 Å². The Labute approximate surface area is 139 Å². The number of aliphatic carboxylic acids is 1. The predicted molar refractivity (Wildman–Crippen MR) is 88.4 cm³/mol. The summed E-state index contributed by atoms with van der Waals surface area (Å²) in [4.78, 5) is 27.3. The molecule has 0 radical (unpaired) electrons. The zero-order chi connectivity index (χ0) is 17.0. The van der Waals surface area contributed by atoms with Gasteiger partial charge in [-0.15, -0.1) is 11.3 Å². The second-order valence-electron chi connectivity index (χ2n) is 5.40. The minimum atomic E-state index is -1.17. The summed E-state index contributed by atoms with van der Waals surface area (Å²) in [6, 6.07) is 5.93. The zero-order valence-electron chi connectivity index (χ0n) is 13.4. The molecule has 1 N–H and O–H groups in total. The molecule has 122 valence electrons. The molecule has 0 unspecified atom stereocenters. The Hall–Kier alpha value is -2.21. The minimum Gasteiger partial charge on any atom is -0.550 e. The van der Waals surface area contributed by atoms with Gasteiger partial charge in [-0.3, -0.25) is 4.79 Å². The number of nitrogens with zero attached hydrogens (tertiary/aromatic N) is 1. The van der Waals surface area contributed by atoms with Gasteiger partial charge in [0, 0.05) is 23.5 Å². The molecule has 1 atom stereocenters. The molecule has 0 bridgehead atoms. The van der Waals surface area contributed by atoms with Crippen LogP contribution in [-0.2, 0) is 22.4 Å². The van der Waals surface area contributed by atoms with Crippen molar-refractivity contribution in [2.45, 2.75) is 39.5 Å². The van der Waals surface area contributed by atoms with Gasteiger partial charge in [0.2, 0.25) is 5.91 Å². The summed E-state index contributed by atoms with van der Waals surface area (Å²) in [7, 11) is 0. The number of carbonyl (C=O) groups is 2. The van der Waals surface area contributed by atoms with E-state index in [9.17, 15) is 14.7 Å². The van der Waals surface area contributed by atoms with Crippen molar-refractivity contribution in [3.63, 3.8) is 0 Å². The van der Waals surface area contributed by atoms with E-state index in [4.69, 9.17) is 0 Å². The summed E-state index contributed by atoms with van der Waals surface area (Å²) in [6.07, 6.45) is 0.599. The molecule has 0 saturated heterocycles. The molecule has 1 aromatic heterocycles. The number of para-hydroxylation sites is 1. The Kier molecular flexibility index (Phi) is 5.50. The van der Waals surface area contributed by atoms with Crippen molar-refractivity contribution in [3.05, 3.63) is 45.4 Å². The highest BCUT2D eigenvalue weighted by atomic mass is 32.1. The van der Waals surface area contributed by atoms with Crippen molar-refractivity contribution in [3.8, 4) is 0 Å². The van der Waals surface area contributed by atoms with E-state index in [1.165, 1.54) is 11.3 Å². The molecule has 2 aromatic rings. The Morgan fingerprint density at radius 2 is 2.13 bits per heavy atom. The number of hydrogen-bond acceptors (Lipinski definition) is 5. The predicted octanol–water partition coefficient (Wildman–Crippen LogP) is 2.05. The molecule has 2 rings (SSSR count). The highest BCUT2D eigenvalue weighted by Gasteiger charge is 2.20. The van der Waals surface area contributed by atoms with Gasteiger partial charge in [-0.1, -0.05) is 25.1 Å². The number of carbonyl (C=O) groups excluding carboxylic acids is 2. The summed E-state index contributed by atoms with van der Waals surface area (Å²) < 4.78 is 0. The van der Waals surface area contributed by atoms with Gasteiger partial charge in [-0.2, -0.15) is 0 Å². The smallest absolute Gasteiger partial charge is 0.234 e. The van der Waals surface area contributed by atoms with Crippen LogP contribution in [0.15, 0.2) is 23.6 Å². The van der Waals surface area contributed by atoms with Crippen LogP contribution >= 0.6 is 11.3 Å². The number of aryl methyl sites for hydroxylation is 2. The summed E-state index contributed by atoms with van der Waals surface area (Å²) in [5, 5.41) is 15.8. The first-order chi connectivity index (χ1) is 10.9. The van der Waals surface area contributed by atoms with Crippen LogP contribution < -0.4 is 10.4 Å². The topological polar surface area (TPSA) is 82.1 Å². The van der Waals surface area contributed by atoms with Crippen LogP contribution in [0.4, 0.5) is 5.69 Å². The Balaban J connectivity index is 2.14. The number of carboxylic acid groups (broad SMARTS) is 1. The van der Waals surface area contributed by atoms with Crippen molar-refractivity contribution in [1.82, 2.24) is 4.98 Å². The number of amides is 1. The largest absolute Gasteiger partial charge is 0.550 e. The van der Waals surface area contributed by atoms with E-state index >= 15 is 0 Å². The Morgan fingerprint density at radius 1 is 1.39 bits per heavy atom. The minimum absolute atomic E-state index is 0.150. The van der Waals surface area contributed by atoms with Gasteiger partial charge in [-0.25, -0.2) is 4.98 Å². The molecule has 0 saturated carbocycles. The van der Waals surface area contributed by atoms with Crippen molar-refractivity contribution in [2.75, 3.05) is 5.32 Å². The van der Waals surface area contributed by atoms with Crippen LogP contribution in [0.5, 0.6) is 0 Å². The van der Waals surface area contributed by atoms with Gasteiger partial charge < -0.3 is 15.2 Å². The normalized spacial score (nSPS) is 12.0. The maximum Gasteiger partial charge on any atom is 0.234 e. The average molecular weight is 331 g/mol. The number of rotatable bonds is 6. The number of anilines is 1. The molecular formula is C17H19N2O3S-. The first-order valence-corrected chi connectivity index (χ1v) is 8.33. The second kappa shape index (κ2) is 7.37. The third-order valence-corrected chi connectivity index (χ3v) is 4.72. The third-order valence-electron chi connectivity index (χ3n) is 3.65. The molecule has 5 nitrogen and oxygen atoms in total. The number of nitrogens with one attached hydrogen (secondary N) is 1. The fraction of sp³-hybridized carbons (Fsp3) is 0.353. The quantitative estimate of drug-likeness (QED) is 0.878. The van der Waals surface area contributed by atoms with Gasteiger partial charge in [0.05, 0.1) is 11.6 Å². The van der Waals surface area contributed by atoms with Crippen LogP contribution in [0, 0.1) is 6.92 Å². The molecule has 23 heavy (non-hydrogen) atoms. The summed E-state index contributed by atoms with van der Waals surface area (Å²) in [6.45, 7) is 5.77. The van der Waals surface area contributed by atoms with E-state index in [0.717, 1.165) is 23.2 Å². The summed E-state index contributed by atoms with van der Waals surface area (Å²) in [5.74, 6) is -1.77. The summed E-state index contributed by atoms with van der Waals surface area (Å²) in [5.41, 5.74) is 3.37. The fourth-order valence-corrected chi connectivity index (χ4v) is 3.17. The Bertz CT molecular complexity index is 724. The number of benzene rings is 1. The van der Waals surface area contributed by atoms with Crippen LogP contribution in [0.3, 0.4) is 0 Å². The second-order valence-corrected chi connectivity index (χ2v) is 6.29. The average Bonchev–Trinajstić information content (AvgIpc) is 2.95. The number of carboxylic acids is 1. The lowest BCUT2D eigenvalue weighted by Gasteiger charge is -2.15. The maximum absolute atomic E-state index is 12.5. The lowest BCUT2D eigenvalue weighted by molar-refractivity contribution is -0.304. The molecule has 0 aliphatic carbocycles. The highest BCUT2D eigenvalue weighted by Crippen LogP contribution is 2.25. The third kappa shape index (κ3) is 4.16. The van der Waals surface area contributed by atoms with Crippen LogP contribution in [0.2, 0.25) is 0 Å². The van der Waals surface area contributed by atoms with Gasteiger partial charge in [0.15, 0.2) is 0 Å². The van der Waals surface area contributed by atoms with E-state index < -0.39 is 11.9 Å². The Morgan fingerprint density at radius 3 is 2.78 bits per heavy atom.